The highest BCUT2D eigenvalue weighted by Crippen LogP contribution is 1.99. The van der Waals surface area contributed by atoms with E-state index in [4.69, 9.17) is 0 Å². The second kappa shape index (κ2) is 4.78. The molecule has 0 aliphatic heterocycles. The number of aromatic nitrogens is 1. The van der Waals surface area contributed by atoms with Gasteiger partial charge in [-0.1, -0.05) is 13.8 Å². The first-order valence-electron chi connectivity index (χ1n) is 2.74. The zero-order valence-corrected chi connectivity index (χ0v) is 6.33. The Balaban J connectivity index is 0.000000222. The van der Waals surface area contributed by atoms with Crippen molar-refractivity contribution in [3.63, 3.8) is 0 Å². The van der Waals surface area contributed by atoms with Gasteiger partial charge in [-0.15, -0.1) is 11.3 Å². The van der Waals surface area contributed by atoms with Crippen molar-refractivity contribution in [2.45, 2.75) is 20.8 Å². The summed E-state index contributed by atoms with van der Waals surface area (Å²) in [6, 6.07) is 0. The first-order chi connectivity index (χ1) is 3.89. The molecule has 2 heteroatoms. The minimum atomic E-state index is 1.27. The van der Waals surface area contributed by atoms with Gasteiger partial charge < -0.3 is 0 Å². The third-order valence-electron chi connectivity index (χ3n) is 0.556. The predicted molar refractivity (Wildman–Crippen MR) is 38.2 cm³/mol. The second-order valence-electron chi connectivity index (χ2n) is 1.11. The molecule has 0 saturated heterocycles. The van der Waals surface area contributed by atoms with E-state index in [0.717, 1.165) is 0 Å². The number of thiazole rings is 1. The van der Waals surface area contributed by atoms with Crippen LogP contribution >= 0.6 is 11.3 Å². The van der Waals surface area contributed by atoms with E-state index in [1.807, 2.05) is 32.5 Å². The van der Waals surface area contributed by atoms with Gasteiger partial charge in [0.05, 0.1) is 5.51 Å². The van der Waals surface area contributed by atoms with Gasteiger partial charge >= 0.3 is 0 Å². The number of aryl methyl sites for hydroxylation is 1. The monoisotopic (exact) mass is 129 g/mol. The molecule has 0 aliphatic carbocycles. The molecule has 0 aliphatic rings. The lowest BCUT2D eigenvalue weighted by molar-refractivity contribution is 1.39. The Bertz CT molecular complexity index is 112. The highest BCUT2D eigenvalue weighted by molar-refractivity contribution is 7.09. The van der Waals surface area contributed by atoms with Gasteiger partial charge in [-0.3, -0.25) is 4.98 Å². The molecule has 1 nitrogen and oxygen atoms in total. The van der Waals surface area contributed by atoms with E-state index >= 15 is 0 Å². The molecule has 1 aromatic rings. The van der Waals surface area contributed by atoms with E-state index in [1.165, 1.54) is 4.88 Å². The molecule has 0 spiro atoms. The molecule has 0 N–H and O–H groups in total. The standard InChI is InChI=1S/C4H5NS.C2H6/c1-4-2-5-3-6-4;1-2/h2-3H,1H3;1-2H3. The normalized spacial score (nSPS) is 7.38. The summed E-state index contributed by atoms with van der Waals surface area (Å²) in [5, 5.41) is 0. The summed E-state index contributed by atoms with van der Waals surface area (Å²) in [5.74, 6) is 0. The van der Waals surface area contributed by atoms with Crippen molar-refractivity contribution < 1.29 is 0 Å². The minimum Gasteiger partial charge on any atom is -0.253 e. The van der Waals surface area contributed by atoms with Gasteiger partial charge in [0, 0.05) is 11.1 Å². The Labute approximate surface area is 54.4 Å². The van der Waals surface area contributed by atoms with Crippen LogP contribution in [0.2, 0.25) is 0 Å². The zero-order valence-electron chi connectivity index (χ0n) is 5.51. The summed E-state index contributed by atoms with van der Waals surface area (Å²) in [7, 11) is 0. The summed E-state index contributed by atoms with van der Waals surface area (Å²) in [6.45, 7) is 6.04. The highest BCUT2D eigenvalue weighted by atomic mass is 32.1. The van der Waals surface area contributed by atoms with E-state index in [2.05, 4.69) is 4.98 Å². The SMILES string of the molecule is CC.Cc1cncs1. The largest absolute Gasteiger partial charge is 0.253 e. The van der Waals surface area contributed by atoms with Crippen LogP contribution < -0.4 is 0 Å². The van der Waals surface area contributed by atoms with E-state index in [9.17, 15) is 0 Å². The number of rotatable bonds is 0. The molecule has 0 atom stereocenters. The minimum absolute atomic E-state index is 1.27. The molecular weight excluding hydrogens is 118 g/mol. The van der Waals surface area contributed by atoms with Crippen LogP contribution in [0.25, 0.3) is 0 Å². The Morgan fingerprint density at radius 1 is 1.50 bits per heavy atom. The van der Waals surface area contributed by atoms with E-state index < -0.39 is 0 Å². The summed E-state index contributed by atoms with van der Waals surface area (Å²) in [4.78, 5) is 5.11. The van der Waals surface area contributed by atoms with Crippen LogP contribution in [-0.4, -0.2) is 4.98 Å². The first kappa shape index (κ1) is 7.63. The molecule has 0 amide bonds. The second-order valence-corrected chi connectivity index (χ2v) is 2.20. The molecule has 0 aromatic carbocycles. The smallest absolute Gasteiger partial charge is 0.0794 e. The van der Waals surface area contributed by atoms with Crippen molar-refractivity contribution in [1.82, 2.24) is 4.98 Å². The molecule has 1 heterocycles. The summed E-state index contributed by atoms with van der Waals surface area (Å²) >= 11 is 1.67. The van der Waals surface area contributed by atoms with Crippen molar-refractivity contribution in [3.8, 4) is 0 Å². The molecule has 1 aromatic heterocycles. The van der Waals surface area contributed by atoms with Crippen molar-refractivity contribution in [1.29, 1.82) is 0 Å². The average Bonchev–Trinajstić information content (AvgIpc) is 2.24. The average molecular weight is 129 g/mol. The highest BCUT2D eigenvalue weighted by Gasteiger charge is 1.76. The van der Waals surface area contributed by atoms with Crippen LogP contribution in [0, 0.1) is 6.92 Å². The fraction of sp³-hybridized carbons (Fsp3) is 0.500. The van der Waals surface area contributed by atoms with E-state index in [1.54, 1.807) is 11.3 Å². The van der Waals surface area contributed by atoms with Gasteiger partial charge in [0.15, 0.2) is 0 Å². The molecule has 0 unspecified atom stereocenters. The lowest BCUT2D eigenvalue weighted by Crippen LogP contribution is -1.48. The Morgan fingerprint density at radius 3 is 2.25 bits per heavy atom. The van der Waals surface area contributed by atoms with E-state index in [-0.39, 0.29) is 0 Å². The van der Waals surface area contributed by atoms with Crippen LogP contribution in [0.4, 0.5) is 0 Å². The first-order valence-corrected chi connectivity index (χ1v) is 3.62. The maximum Gasteiger partial charge on any atom is 0.0794 e. The molecule has 0 bridgehead atoms. The number of nitrogens with zero attached hydrogens (tertiary/aromatic N) is 1. The third kappa shape index (κ3) is 2.75. The third-order valence-corrected chi connectivity index (χ3v) is 1.26. The molecule has 0 saturated carbocycles. The lowest BCUT2D eigenvalue weighted by Gasteiger charge is -1.63. The quantitative estimate of drug-likeness (QED) is 0.524. The molecule has 0 fully saturated rings. The zero-order chi connectivity index (χ0) is 6.41. The van der Waals surface area contributed by atoms with Crippen molar-refractivity contribution in [2.24, 2.45) is 0 Å². The fourth-order valence-corrected chi connectivity index (χ4v) is 0.689. The maximum absolute atomic E-state index is 3.84. The van der Waals surface area contributed by atoms with Gasteiger partial charge in [-0.25, -0.2) is 0 Å². The van der Waals surface area contributed by atoms with Gasteiger partial charge in [0.1, 0.15) is 0 Å². The van der Waals surface area contributed by atoms with Crippen LogP contribution in [0.3, 0.4) is 0 Å². The summed E-state index contributed by atoms with van der Waals surface area (Å²) in [5.41, 5.74) is 1.83. The van der Waals surface area contributed by atoms with Gasteiger partial charge in [0.25, 0.3) is 0 Å². The van der Waals surface area contributed by atoms with E-state index in [0.29, 0.717) is 0 Å². The Morgan fingerprint density at radius 2 is 2.12 bits per heavy atom. The molecule has 8 heavy (non-hydrogen) atoms. The van der Waals surface area contributed by atoms with Gasteiger partial charge in [-0.2, -0.15) is 0 Å². The summed E-state index contributed by atoms with van der Waals surface area (Å²) < 4.78 is 0. The van der Waals surface area contributed by atoms with Crippen LogP contribution in [0.5, 0.6) is 0 Å². The molecule has 1 rings (SSSR count). The molecular formula is C6H11NS. The van der Waals surface area contributed by atoms with Gasteiger partial charge in [0.2, 0.25) is 0 Å². The van der Waals surface area contributed by atoms with Crippen molar-refractivity contribution >= 4 is 11.3 Å². The Hall–Kier alpha value is -0.370. The van der Waals surface area contributed by atoms with Crippen molar-refractivity contribution in [2.75, 3.05) is 0 Å². The fourth-order valence-electron chi connectivity index (χ4n) is 0.279. The Kier molecular flexibility index (Phi) is 4.56. The maximum atomic E-state index is 3.84. The van der Waals surface area contributed by atoms with Crippen LogP contribution in [0.15, 0.2) is 11.7 Å². The van der Waals surface area contributed by atoms with Crippen LogP contribution in [0.1, 0.15) is 18.7 Å². The lowest BCUT2D eigenvalue weighted by atomic mass is 10.7. The molecule has 46 valence electrons. The molecule has 0 radical (unpaired) electrons. The summed E-state index contributed by atoms with van der Waals surface area (Å²) in [6.07, 6.45) is 1.85. The van der Waals surface area contributed by atoms with Gasteiger partial charge in [-0.05, 0) is 6.92 Å². The van der Waals surface area contributed by atoms with Crippen molar-refractivity contribution in [3.05, 3.63) is 16.6 Å². The van der Waals surface area contributed by atoms with Crippen LogP contribution in [-0.2, 0) is 0 Å². The number of hydrogen-bond donors (Lipinski definition) is 0. The topological polar surface area (TPSA) is 12.9 Å². The predicted octanol–water partition coefficient (Wildman–Crippen LogP) is 2.48. The number of hydrogen-bond acceptors (Lipinski definition) is 2.